The van der Waals surface area contributed by atoms with Crippen LogP contribution in [0.15, 0.2) is 27.0 Å². The van der Waals surface area contributed by atoms with E-state index in [0.29, 0.717) is 9.07 Å². The first-order valence-electron chi connectivity index (χ1n) is 6.72. The van der Waals surface area contributed by atoms with Crippen molar-refractivity contribution in [3.63, 3.8) is 0 Å². The highest BCUT2D eigenvalue weighted by Crippen LogP contribution is 2.42. The summed E-state index contributed by atoms with van der Waals surface area (Å²) < 4.78 is 18.8. The highest BCUT2D eigenvalue weighted by Gasteiger charge is 2.30. The molecule has 0 aromatic carbocycles. The van der Waals surface area contributed by atoms with Crippen molar-refractivity contribution in [2.75, 3.05) is 5.73 Å². The molecule has 0 fully saturated rings. The van der Waals surface area contributed by atoms with Gasteiger partial charge in [0.15, 0.2) is 22.3 Å². The number of nitrogens with zero attached hydrogens (tertiary/aromatic N) is 5. The number of fused-ring (bicyclic) bond motifs is 2. The molecule has 0 aliphatic heterocycles. The summed E-state index contributed by atoms with van der Waals surface area (Å²) in [6.07, 6.45) is 1.77. The fourth-order valence-electron chi connectivity index (χ4n) is 2.23. The number of aromatic nitrogens is 8. The highest BCUT2D eigenvalue weighted by atomic mass is 31.2. The van der Waals surface area contributed by atoms with Crippen LogP contribution in [0.4, 0.5) is 5.95 Å². The molecule has 0 aliphatic rings. The Kier molecular flexibility index (Phi) is 3.12. The Labute approximate surface area is 139 Å². The van der Waals surface area contributed by atoms with E-state index in [1.165, 1.54) is 0 Å². The molecule has 0 bridgehead atoms. The fraction of sp³-hybridized carbons (Fsp3) is 0. The molecule has 0 saturated heterocycles. The van der Waals surface area contributed by atoms with Gasteiger partial charge in [0.2, 0.25) is 5.95 Å². The molecule has 0 spiro atoms. The van der Waals surface area contributed by atoms with Crippen LogP contribution in [-0.4, -0.2) is 43.9 Å². The van der Waals surface area contributed by atoms with Gasteiger partial charge in [-0.05, 0) is 0 Å². The van der Waals surface area contributed by atoms with Gasteiger partial charge in [0.05, 0.1) is 0 Å². The van der Waals surface area contributed by atoms with Crippen LogP contribution in [0.2, 0.25) is 0 Å². The lowest BCUT2D eigenvalue weighted by Crippen LogP contribution is -2.23. The monoisotopic (exact) mass is 381 g/mol. The summed E-state index contributed by atoms with van der Waals surface area (Å²) >= 11 is 0. The predicted octanol–water partition coefficient (Wildman–Crippen LogP) is -2.49. The number of aromatic amines is 3. The zero-order valence-corrected chi connectivity index (χ0v) is 13.3. The molecule has 15 nitrogen and oxygen atoms in total. The van der Waals surface area contributed by atoms with Gasteiger partial charge >= 0.3 is 13.4 Å². The van der Waals surface area contributed by atoms with E-state index in [2.05, 4.69) is 24.9 Å². The van der Waals surface area contributed by atoms with Gasteiger partial charge < -0.3 is 10.4 Å². The highest BCUT2D eigenvalue weighted by molar-refractivity contribution is 7.51. The molecule has 1 unspecified atom stereocenters. The second-order valence-electron chi connectivity index (χ2n) is 4.96. The minimum atomic E-state index is -4.73. The second-order valence-corrected chi connectivity index (χ2v) is 6.54. The van der Waals surface area contributed by atoms with E-state index in [1.54, 1.807) is 0 Å². The predicted molar refractivity (Wildman–Crippen MR) is 85.3 cm³/mol. The van der Waals surface area contributed by atoms with Crippen LogP contribution < -0.4 is 27.2 Å². The molecule has 0 radical (unpaired) electrons. The average molecular weight is 381 g/mol. The molecule has 0 saturated carbocycles. The van der Waals surface area contributed by atoms with Gasteiger partial charge in [0.1, 0.15) is 12.7 Å². The standard InChI is InChI=1S/C10H8N9O6P/c11-9-14-6-4(7(20)16-9)13-2-19(6)26(23,24)25-18-1-12-3-5(18)15-10(22)17-8(3)21/h1-2H,(H,23,24)(H3,11,14,16,20)(H2,15,17,21,22). The number of hydrogen-bond donors (Lipinski definition) is 5. The van der Waals surface area contributed by atoms with Crippen LogP contribution in [0.1, 0.15) is 0 Å². The first kappa shape index (κ1) is 15.8. The molecular formula is C10H8N9O6P. The summed E-state index contributed by atoms with van der Waals surface area (Å²) in [7, 11) is -4.73. The minimum Gasteiger partial charge on any atom is -0.369 e. The Morgan fingerprint density at radius 3 is 2.54 bits per heavy atom. The smallest absolute Gasteiger partial charge is 0.369 e. The molecular weight excluding hydrogens is 373 g/mol. The van der Waals surface area contributed by atoms with Gasteiger partial charge in [-0.1, -0.05) is 0 Å². The summed E-state index contributed by atoms with van der Waals surface area (Å²) in [4.78, 5) is 62.5. The summed E-state index contributed by atoms with van der Waals surface area (Å²) in [6, 6.07) is 0. The number of hydrogen-bond acceptors (Lipinski definition) is 9. The SMILES string of the molecule is Nc1nc2c(ncn2P(=O)(O)On2cnc3c(=O)[nH]c(=O)[nH]c32)c(=O)[nH]1. The average Bonchev–Trinajstić information content (AvgIpc) is 3.12. The van der Waals surface area contributed by atoms with Crippen molar-refractivity contribution in [1.82, 2.24) is 39.0 Å². The second kappa shape index (κ2) is 5.14. The first-order valence-corrected chi connectivity index (χ1v) is 8.25. The lowest BCUT2D eigenvalue weighted by atomic mass is 10.5. The Bertz CT molecular complexity index is 1390. The van der Waals surface area contributed by atoms with Crippen LogP contribution in [0, 0.1) is 0 Å². The van der Waals surface area contributed by atoms with Gasteiger partial charge in [-0.2, -0.15) is 4.98 Å². The lowest BCUT2D eigenvalue weighted by molar-refractivity contribution is 0.232. The number of nitrogens with two attached hydrogens (primary N) is 1. The summed E-state index contributed by atoms with van der Waals surface area (Å²) in [6.45, 7) is 0. The maximum atomic E-state index is 12.6. The quantitative estimate of drug-likeness (QED) is 0.235. The van der Waals surface area contributed by atoms with E-state index in [4.69, 9.17) is 10.4 Å². The zero-order valence-electron chi connectivity index (χ0n) is 12.4. The number of imidazole rings is 2. The number of anilines is 1. The van der Waals surface area contributed by atoms with E-state index in [0.717, 1.165) is 12.7 Å². The summed E-state index contributed by atoms with van der Waals surface area (Å²) in [5.41, 5.74) is 2.03. The first-order chi connectivity index (χ1) is 12.3. The number of nitrogens with one attached hydrogen (secondary N) is 3. The minimum absolute atomic E-state index is 0.223. The lowest BCUT2D eigenvalue weighted by Gasteiger charge is -2.13. The van der Waals surface area contributed by atoms with E-state index < -0.39 is 24.6 Å². The number of H-pyrrole nitrogens is 3. The molecule has 4 aromatic rings. The molecule has 16 heteroatoms. The van der Waals surface area contributed by atoms with Crippen LogP contribution >= 0.6 is 7.75 Å². The van der Waals surface area contributed by atoms with Gasteiger partial charge in [-0.15, -0.1) is 4.73 Å². The van der Waals surface area contributed by atoms with Gasteiger partial charge in [0.25, 0.3) is 11.1 Å². The van der Waals surface area contributed by atoms with E-state index in [9.17, 15) is 23.8 Å². The molecule has 1 atom stereocenters. The zero-order chi connectivity index (χ0) is 18.6. The van der Waals surface area contributed by atoms with Gasteiger partial charge in [-0.25, -0.2) is 23.7 Å². The van der Waals surface area contributed by atoms with Crippen molar-refractivity contribution < 1.29 is 14.1 Å². The van der Waals surface area contributed by atoms with Crippen LogP contribution in [0.5, 0.6) is 0 Å². The van der Waals surface area contributed by atoms with Crippen molar-refractivity contribution in [3.8, 4) is 0 Å². The normalized spacial score (nSPS) is 13.9. The molecule has 0 amide bonds. The Balaban J connectivity index is 1.87. The van der Waals surface area contributed by atoms with Crippen LogP contribution in [0.3, 0.4) is 0 Å². The van der Waals surface area contributed by atoms with Crippen LogP contribution in [0.25, 0.3) is 22.3 Å². The molecule has 4 aromatic heterocycles. The number of rotatable bonds is 3. The summed E-state index contributed by atoms with van der Waals surface area (Å²) in [5.74, 6) is -0.298. The third-order valence-electron chi connectivity index (χ3n) is 3.29. The van der Waals surface area contributed by atoms with E-state index in [1.807, 2.05) is 4.98 Å². The Morgan fingerprint density at radius 2 is 1.77 bits per heavy atom. The Hall–Kier alpha value is -3.71. The molecule has 4 heterocycles. The topological polar surface area (TPSA) is 220 Å². The fourth-order valence-corrected chi connectivity index (χ4v) is 3.22. The van der Waals surface area contributed by atoms with Crippen molar-refractivity contribution in [3.05, 3.63) is 43.8 Å². The van der Waals surface area contributed by atoms with Crippen molar-refractivity contribution >= 4 is 36.0 Å². The van der Waals surface area contributed by atoms with Crippen molar-refractivity contribution in [2.24, 2.45) is 0 Å². The van der Waals surface area contributed by atoms with Crippen molar-refractivity contribution in [1.29, 1.82) is 0 Å². The molecule has 4 rings (SSSR count). The summed E-state index contributed by atoms with van der Waals surface area (Å²) in [5, 5.41) is 0. The third kappa shape index (κ3) is 2.30. The van der Waals surface area contributed by atoms with E-state index >= 15 is 0 Å². The largest absolute Gasteiger partial charge is 0.511 e. The van der Waals surface area contributed by atoms with Crippen LogP contribution in [-0.2, 0) is 4.57 Å². The Morgan fingerprint density at radius 1 is 1.08 bits per heavy atom. The molecule has 0 aliphatic carbocycles. The molecule has 26 heavy (non-hydrogen) atoms. The van der Waals surface area contributed by atoms with Gasteiger partial charge in [0, 0.05) is 0 Å². The molecule has 6 N–H and O–H groups in total. The van der Waals surface area contributed by atoms with Gasteiger partial charge in [-0.3, -0.25) is 29.4 Å². The molecule has 134 valence electrons. The maximum Gasteiger partial charge on any atom is 0.511 e. The van der Waals surface area contributed by atoms with Crippen molar-refractivity contribution in [2.45, 2.75) is 0 Å². The van der Waals surface area contributed by atoms with E-state index in [-0.39, 0.29) is 28.3 Å². The number of nitrogen functional groups attached to an aromatic ring is 1. The third-order valence-corrected chi connectivity index (χ3v) is 4.51. The maximum absolute atomic E-state index is 12.6.